The van der Waals surface area contributed by atoms with Crippen molar-refractivity contribution in [3.8, 4) is 0 Å². The van der Waals surface area contributed by atoms with E-state index < -0.39 is 0 Å². The molecule has 1 aliphatic heterocycles. The predicted molar refractivity (Wildman–Crippen MR) is 118 cm³/mol. The van der Waals surface area contributed by atoms with Crippen LogP contribution >= 0.6 is 11.3 Å². The molecule has 0 atom stereocenters. The Morgan fingerprint density at radius 1 is 0.964 bits per heavy atom. The summed E-state index contributed by atoms with van der Waals surface area (Å²) in [6.07, 6.45) is 11.3. The lowest BCUT2D eigenvalue weighted by atomic mass is 9.97. The van der Waals surface area contributed by atoms with Crippen molar-refractivity contribution in [1.82, 2.24) is 14.9 Å². The molecule has 5 rings (SSSR count). The zero-order valence-electron chi connectivity index (χ0n) is 16.2. The van der Waals surface area contributed by atoms with Crippen LogP contribution in [0.2, 0.25) is 0 Å². The molecule has 3 aromatic rings. The maximum absolute atomic E-state index is 4.73. The number of rotatable bonds is 4. The van der Waals surface area contributed by atoms with Crippen molar-refractivity contribution in [3.05, 3.63) is 58.7 Å². The van der Waals surface area contributed by atoms with Crippen molar-refractivity contribution >= 4 is 33.4 Å². The van der Waals surface area contributed by atoms with Crippen LogP contribution in [-0.4, -0.2) is 47.6 Å². The number of aromatic nitrogens is 2. The van der Waals surface area contributed by atoms with E-state index in [2.05, 4.69) is 57.3 Å². The summed E-state index contributed by atoms with van der Waals surface area (Å²) in [5, 5.41) is 1.35. The van der Waals surface area contributed by atoms with Crippen LogP contribution in [0.5, 0.6) is 0 Å². The molecule has 0 unspecified atom stereocenters. The summed E-state index contributed by atoms with van der Waals surface area (Å²) in [7, 11) is 0. The minimum Gasteiger partial charge on any atom is -0.353 e. The Balaban J connectivity index is 1.27. The Kier molecular flexibility index (Phi) is 5.10. The Morgan fingerprint density at radius 2 is 1.79 bits per heavy atom. The molecular formula is C23H26N4S. The number of benzene rings is 1. The average Bonchev–Trinajstić information content (AvgIpc) is 3.14. The summed E-state index contributed by atoms with van der Waals surface area (Å²) in [5.41, 5.74) is 2.81. The molecule has 0 N–H and O–H groups in total. The van der Waals surface area contributed by atoms with Crippen LogP contribution in [-0.2, 0) is 12.8 Å². The van der Waals surface area contributed by atoms with Crippen LogP contribution in [0.15, 0.2) is 42.7 Å². The molecule has 0 bridgehead atoms. The molecule has 3 heterocycles. The van der Waals surface area contributed by atoms with Gasteiger partial charge in [0.25, 0.3) is 0 Å². The van der Waals surface area contributed by atoms with Gasteiger partial charge in [0, 0.05) is 37.6 Å². The Labute approximate surface area is 170 Å². The largest absolute Gasteiger partial charge is 0.353 e. The fourth-order valence-corrected chi connectivity index (χ4v) is 5.58. The second-order valence-corrected chi connectivity index (χ2v) is 8.77. The smallest absolute Gasteiger partial charge is 0.141 e. The summed E-state index contributed by atoms with van der Waals surface area (Å²) in [4.78, 5) is 17.0. The number of piperazine rings is 1. The number of fused-ring (bicyclic) bond motifs is 3. The van der Waals surface area contributed by atoms with Crippen LogP contribution in [0.3, 0.4) is 0 Å². The monoisotopic (exact) mass is 390 g/mol. The molecule has 0 amide bonds. The highest BCUT2D eigenvalue weighted by molar-refractivity contribution is 7.19. The van der Waals surface area contributed by atoms with Gasteiger partial charge in [0.15, 0.2) is 0 Å². The first-order chi connectivity index (χ1) is 13.9. The first-order valence-corrected chi connectivity index (χ1v) is 11.1. The molecule has 1 aromatic carbocycles. The fraction of sp³-hybridized carbons (Fsp3) is 0.391. The predicted octanol–water partition coefficient (Wildman–Crippen LogP) is 4.41. The lowest BCUT2D eigenvalue weighted by Crippen LogP contribution is -2.46. The molecule has 1 fully saturated rings. The van der Waals surface area contributed by atoms with Crippen molar-refractivity contribution in [2.24, 2.45) is 0 Å². The van der Waals surface area contributed by atoms with Crippen molar-refractivity contribution in [2.45, 2.75) is 25.7 Å². The second-order valence-electron chi connectivity index (χ2n) is 7.69. The molecule has 2 aromatic heterocycles. The Bertz CT molecular complexity index is 971. The first kappa shape index (κ1) is 17.8. The van der Waals surface area contributed by atoms with E-state index in [4.69, 9.17) is 4.98 Å². The van der Waals surface area contributed by atoms with E-state index >= 15 is 0 Å². The zero-order chi connectivity index (χ0) is 18.8. The number of anilines is 1. The van der Waals surface area contributed by atoms with Gasteiger partial charge < -0.3 is 4.90 Å². The van der Waals surface area contributed by atoms with E-state index in [0.29, 0.717) is 0 Å². The first-order valence-electron chi connectivity index (χ1n) is 10.3. The van der Waals surface area contributed by atoms with Gasteiger partial charge in [-0.25, -0.2) is 9.97 Å². The number of thiophene rings is 1. The molecule has 0 spiro atoms. The van der Waals surface area contributed by atoms with Crippen molar-refractivity contribution < 1.29 is 0 Å². The fourth-order valence-electron chi connectivity index (χ4n) is 4.36. The third-order valence-electron chi connectivity index (χ3n) is 5.88. The van der Waals surface area contributed by atoms with Gasteiger partial charge in [-0.2, -0.15) is 0 Å². The number of aryl methyl sites for hydroxylation is 2. The van der Waals surface area contributed by atoms with Crippen LogP contribution < -0.4 is 4.90 Å². The molecule has 2 aliphatic rings. The van der Waals surface area contributed by atoms with E-state index in [1.54, 1.807) is 11.2 Å². The summed E-state index contributed by atoms with van der Waals surface area (Å²) in [5.74, 6) is 1.17. The maximum Gasteiger partial charge on any atom is 0.141 e. The number of nitrogens with zero attached hydrogens (tertiary/aromatic N) is 4. The molecule has 0 radical (unpaired) electrons. The van der Waals surface area contributed by atoms with E-state index in [9.17, 15) is 0 Å². The van der Waals surface area contributed by atoms with Crippen LogP contribution in [0.25, 0.3) is 16.3 Å². The minimum absolute atomic E-state index is 1.01. The number of hydrogen-bond donors (Lipinski definition) is 0. The van der Waals surface area contributed by atoms with Gasteiger partial charge in [-0.15, -0.1) is 11.3 Å². The van der Waals surface area contributed by atoms with Gasteiger partial charge in [-0.1, -0.05) is 42.5 Å². The maximum atomic E-state index is 4.73. The van der Waals surface area contributed by atoms with Crippen LogP contribution in [0.4, 0.5) is 5.82 Å². The molecule has 4 nitrogen and oxygen atoms in total. The Hall–Kier alpha value is -2.24. The number of hydrogen-bond acceptors (Lipinski definition) is 5. The normalized spacial score (nSPS) is 18.1. The SMILES string of the molecule is C(=C\c1ccccc1)/CN1CCN(c2ncnc3sc4c(c23)CCCC4)CC1. The third kappa shape index (κ3) is 3.56. The lowest BCUT2D eigenvalue weighted by molar-refractivity contribution is 0.284. The molecule has 144 valence electrons. The summed E-state index contributed by atoms with van der Waals surface area (Å²) < 4.78 is 0. The molecule has 1 saturated heterocycles. The van der Waals surface area contributed by atoms with Crippen molar-refractivity contribution in [3.63, 3.8) is 0 Å². The molecule has 28 heavy (non-hydrogen) atoms. The molecule has 1 aliphatic carbocycles. The highest BCUT2D eigenvalue weighted by atomic mass is 32.1. The standard InChI is InChI=1S/C23H26N4S/c1-2-7-18(8-3-1)9-6-12-26-13-15-27(16-14-26)22-21-19-10-4-5-11-20(19)28-23(21)25-17-24-22/h1-3,6-9,17H,4-5,10-16H2/b9-6+. The molecular weight excluding hydrogens is 364 g/mol. The van der Waals surface area contributed by atoms with Crippen LogP contribution in [0.1, 0.15) is 28.8 Å². The minimum atomic E-state index is 1.01. The van der Waals surface area contributed by atoms with E-state index in [1.807, 2.05) is 11.3 Å². The van der Waals surface area contributed by atoms with Gasteiger partial charge in [0.05, 0.1) is 5.39 Å². The van der Waals surface area contributed by atoms with E-state index in [0.717, 1.165) is 32.7 Å². The van der Waals surface area contributed by atoms with Gasteiger partial charge >= 0.3 is 0 Å². The van der Waals surface area contributed by atoms with Crippen LogP contribution in [0, 0.1) is 0 Å². The van der Waals surface area contributed by atoms with Gasteiger partial charge in [0.1, 0.15) is 17.0 Å². The van der Waals surface area contributed by atoms with Gasteiger partial charge in [0.2, 0.25) is 0 Å². The summed E-state index contributed by atoms with van der Waals surface area (Å²) in [6.45, 7) is 5.25. The quantitative estimate of drug-likeness (QED) is 0.661. The zero-order valence-corrected chi connectivity index (χ0v) is 17.0. The van der Waals surface area contributed by atoms with E-state index in [1.165, 1.54) is 52.8 Å². The lowest BCUT2D eigenvalue weighted by Gasteiger charge is -2.35. The highest BCUT2D eigenvalue weighted by Crippen LogP contribution is 2.39. The second kappa shape index (κ2) is 8.02. The van der Waals surface area contributed by atoms with Crippen molar-refractivity contribution in [1.29, 1.82) is 0 Å². The third-order valence-corrected chi connectivity index (χ3v) is 7.08. The Morgan fingerprint density at radius 3 is 2.64 bits per heavy atom. The van der Waals surface area contributed by atoms with Gasteiger partial charge in [-0.05, 0) is 36.8 Å². The van der Waals surface area contributed by atoms with Gasteiger partial charge in [-0.3, -0.25) is 4.90 Å². The highest BCUT2D eigenvalue weighted by Gasteiger charge is 2.24. The summed E-state index contributed by atoms with van der Waals surface area (Å²) >= 11 is 1.89. The molecule has 5 heteroatoms. The summed E-state index contributed by atoms with van der Waals surface area (Å²) in [6, 6.07) is 10.5. The van der Waals surface area contributed by atoms with E-state index in [-0.39, 0.29) is 0 Å². The average molecular weight is 391 g/mol. The topological polar surface area (TPSA) is 32.3 Å². The molecule has 0 saturated carbocycles. The van der Waals surface area contributed by atoms with Crippen molar-refractivity contribution in [2.75, 3.05) is 37.6 Å².